The fraction of sp³-hybridized carbons (Fsp3) is 0.161. The summed E-state index contributed by atoms with van der Waals surface area (Å²) >= 11 is 0. The molecule has 0 amide bonds. The number of benzene rings is 10. The first-order valence-electron chi connectivity index (χ1n) is 23.2. The van der Waals surface area contributed by atoms with Crippen molar-refractivity contribution in [2.45, 2.75) is 69.2 Å². The predicted molar refractivity (Wildman–Crippen MR) is 281 cm³/mol. The van der Waals surface area contributed by atoms with Gasteiger partial charge in [0.1, 0.15) is 0 Å². The summed E-state index contributed by atoms with van der Waals surface area (Å²) in [5.74, 6) is 0. The number of rotatable bonds is 4. The molecule has 0 N–H and O–H groups in total. The van der Waals surface area contributed by atoms with Gasteiger partial charge in [-0.05, 0) is 180 Å². The van der Waals surface area contributed by atoms with Crippen LogP contribution in [0.1, 0.15) is 55.6 Å². The first-order chi connectivity index (χ1) is 30.9. The summed E-state index contributed by atoms with van der Waals surface area (Å²) in [5.41, 5.74) is 32.6. The molecule has 0 saturated carbocycles. The highest BCUT2D eigenvalue weighted by Gasteiger charge is 2.40. The average molecular weight is 819 g/mol. The summed E-state index contributed by atoms with van der Waals surface area (Å²) in [6, 6.07) is 52.5. The van der Waals surface area contributed by atoms with Crippen molar-refractivity contribution < 1.29 is 0 Å². The van der Waals surface area contributed by atoms with Gasteiger partial charge in [0, 0.05) is 0 Å². The smallest absolute Gasteiger partial charge is 0.0664 e. The van der Waals surface area contributed by atoms with Crippen molar-refractivity contribution in [2.75, 3.05) is 0 Å². The minimum Gasteiger partial charge on any atom is -0.0664 e. The summed E-state index contributed by atoms with van der Waals surface area (Å²) in [4.78, 5) is 0. The number of hydrogen-bond donors (Lipinski definition) is 0. The monoisotopic (exact) mass is 818 g/mol. The van der Waals surface area contributed by atoms with Gasteiger partial charge in [-0.3, -0.25) is 0 Å². The van der Waals surface area contributed by atoms with Crippen molar-refractivity contribution in [3.63, 3.8) is 0 Å². The topological polar surface area (TPSA) is 0 Å². The Morgan fingerprint density at radius 3 is 0.969 bits per heavy atom. The molecule has 0 spiro atoms. The molecule has 0 atom stereocenters. The predicted octanol–water partition coefficient (Wildman–Crippen LogP) is 12.0. The maximum absolute atomic E-state index is 2.67. The lowest BCUT2D eigenvalue weighted by molar-refractivity contribution is 1.35. The van der Waals surface area contributed by atoms with Crippen LogP contribution in [0.25, 0.3) is 76.8 Å². The summed E-state index contributed by atoms with van der Waals surface area (Å²) in [6.45, 7) is 23.2. The largest absolute Gasteiger partial charge is 0.243 e. The Morgan fingerprint density at radius 1 is 0.266 bits per heavy atom. The maximum Gasteiger partial charge on any atom is 0.243 e. The molecule has 10 aromatic rings. The van der Waals surface area contributed by atoms with E-state index in [1.54, 1.807) is 0 Å². The third kappa shape index (κ3) is 5.32. The molecule has 0 aliphatic carbocycles. The van der Waals surface area contributed by atoms with Gasteiger partial charge in [0.15, 0.2) is 0 Å². The first-order valence-corrected chi connectivity index (χ1v) is 23.2. The van der Waals surface area contributed by atoms with Gasteiger partial charge in [-0.1, -0.05) is 187 Å². The standard InChI is InChI=1S/C62H52B2/c1-33-25-39(7)61(40(8)26-33)63-51-23-13-11-21-43(51)45-29-48(56-37(5)19-16-20-38(56)6)50-32-54-58-46(44-22-12-14-24-52(44)64(54)62-41(9)27-34(2)28-42(62)10)30-47(55-35(3)17-15-18-36(55)4)49-31-53(63)57(45)59(50)60(49)58/h11-32H,1-10H3. The minimum absolute atomic E-state index is 0.0751. The number of aryl methyl sites for hydroxylation is 10. The molecular weight excluding hydrogens is 766 g/mol. The van der Waals surface area contributed by atoms with Crippen LogP contribution in [0.15, 0.2) is 133 Å². The molecule has 0 radical (unpaired) electrons. The van der Waals surface area contributed by atoms with Gasteiger partial charge in [-0.25, -0.2) is 0 Å². The first kappa shape index (κ1) is 39.0. The van der Waals surface area contributed by atoms with Crippen molar-refractivity contribution in [3.05, 3.63) is 189 Å². The quantitative estimate of drug-likeness (QED) is 0.123. The number of fused-ring (bicyclic) bond motifs is 4. The highest BCUT2D eigenvalue weighted by atomic mass is 14.3. The summed E-state index contributed by atoms with van der Waals surface area (Å²) in [7, 11) is 0. The van der Waals surface area contributed by atoms with Gasteiger partial charge >= 0.3 is 0 Å². The molecule has 0 saturated heterocycles. The lowest BCUT2D eigenvalue weighted by Gasteiger charge is -2.35. The van der Waals surface area contributed by atoms with Gasteiger partial charge in [-0.2, -0.15) is 0 Å². The Morgan fingerprint density at radius 2 is 0.609 bits per heavy atom. The molecule has 2 heterocycles. The van der Waals surface area contributed by atoms with E-state index in [1.165, 1.54) is 165 Å². The van der Waals surface area contributed by atoms with E-state index in [-0.39, 0.29) is 13.4 Å². The second-order valence-electron chi connectivity index (χ2n) is 19.7. The second-order valence-corrected chi connectivity index (χ2v) is 19.7. The van der Waals surface area contributed by atoms with E-state index in [0.717, 1.165) is 0 Å². The Bertz CT molecular complexity index is 3350. The van der Waals surface area contributed by atoms with E-state index in [9.17, 15) is 0 Å². The molecule has 0 fully saturated rings. The number of hydrogen-bond acceptors (Lipinski definition) is 0. The van der Waals surface area contributed by atoms with Crippen molar-refractivity contribution in [1.82, 2.24) is 0 Å². The molecule has 0 unspecified atom stereocenters. The molecule has 10 aromatic carbocycles. The van der Waals surface area contributed by atoms with Crippen molar-refractivity contribution >= 4 is 78.5 Å². The summed E-state index contributed by atoms with van der Waals surface area (Å²) in [6.07, 6.45) is 0. The van der Waals surface area contributed by atoms with Crippen LogP contribution in [-0.2, 0) is 0 Å². The van der Waals surface area contributed by atoms with Gasteiger partial charge in [0.05, 0.1) is 0 Å². The van der Waals surface area contributed by atoms with Crippen molar-refractivity contribution in [3.8, 4) is 44.5 Å². The fourth-order valence-electron chi connectivity index (χ4n) is 13.3. The van der Waals surface area contributed by atoms with Gasteiger partial charge in [-0.15, -0.1) is 0 Å². The van der Waals surface area contributed by atoms with E-state index >= 15 is 0 Å². The molecule has 64 heavy (non-hydrogen) atoms. The molecule has 12 rings (SSSR count). The van der Waals surface area contributed by atoms with Gasteiger partial charge in [0.25, 0.3) is 0 Å². The third-order valence-corrected chi connectivity index (χ3v) is 15.5. The Labute approximate surface area is 379 Å². The van der Waals surface area contributed by atoms with Crippen LogP contribution >= 0.6 is 0 Å². The zero-order valence-corrected chi connectivity index (χ0v) is 38.9. The van der Waals surface area contributed by atoms with E-state index in [1.807, 2.05) is 0 Å². The second kappa shape index (κ2) is 13.9. The van der Waals surface area contributed by atoms with Crippen molar-refractivity contribution in [2.24, 2.45) is 0 Å². The highest BCUT2D eigenvalue weighted by molar-refractivity contribution is 7.00. The zero-order chi connectivity index (χ0) is 44.0. The lowest BCUT2D eigenvalue weighted by atomic mass is 9.31. The van der Waals surface area contributed by atoms with Crippen LogP contribution in [0.3, 0.4) is 0 Å². The molecule has 0 bridgehead atoms. The molecule has 0 nitrogen and oxygen atoms in total. The molecule has 2 aliphatic rings. The van der Waals surface area contributed by atoms with Gasteiger partial charge in [0.2, 0.25) is 13.4 Å². The maximum atomic E-state index is 2.67. The molecule has 0 aromatic heterocycles. The lowest BCUT2D eigenvalue weighted by Crippen LogP contribution is -2.57. The van der Waals surface area contributed by atoms with Crippen molar-refractivity contribution in [1.29, 1.82) is 0 Å². The molecule has 306 valence electrons. The van der Waals surface area contributed by atoms with Crippen LogP contribution in [0.2, 0.25) is 0 Å². The molecule has 2 aliphatic heterocycles. The van der Waals surface area contributed by atoms with Crippen LogP contribution in [0.4, 0.5) is 0 Å². The average Bonchev–Trinajstić information content (AvgIpc) is 3.25. The molecular formula is C62H52B2. The summed E-state index contributed by atoms with van der Waals surface area (Å²) < 4.78 is 0. The third-order valence-electron chi connectivity index (χ3n) is 15.5. The normalized spacial score (nSPS) is 12.8. The van der Waals surface area contributed by atoms with E-state index in [0.29, 0.717) is 0 Å². The SMILES string of the molecule is Cc1cc(C)c(B2c3ccccc3-c3cc(-c4c(C)cccc4C)c4cc5c6c(cc(-c7c(C)cccc7C)c7cc2c3c4c76)-c2ccccc2B5c2c(C)cc(C)cc2C)c(C)c1. The van der Waals surface area contributed by atoms with Crippen LogP contribution in [0.5, 0.6) is 0 Å². The Hall–Kier alpha value is -6.63. The molecule has 2 heteroatoms. The Balaban J connectivity index is 1.39. The minimum atomic E-state index is 0.0751. The van der Waals surface area contributed by atoms with Crippen LogP contribution in [0, 0.1) is 69.2 Å². The highest BCUT2D eigenvalue weighted by Crippen LogP contribution is 2.50. The zero-order valence-electron chi connectivity index (χ0n) is 38.9. The van der Waals surface area contributed by atoms with E-state index in [2.05, 4.69) is 203 Å². The Kier molecular flexibility index (Phi) is 8.49. The van der Waals surface area contributed by atoms with Crippen LogP contribution in [-0.4, -0.2) is 13.4 Å². The van der Waals surface area contributed by atoms with E-state index < -0.39 is 0 Å². The fourth-order valence-corrected chi connectivity index (χ4v) is 13.3. The van der Waals surface area contributed by atoms with Crippen LogP contribution < -0.4 is 32.8 Å². The van der Waals surface area contributed by atoms with E-state index in [4.69, 9.17) is 0 Å². The van der Waals surface area contributed by atoms with Gasteiger partial charge < -0.3 is 0 Å². The summed E-state index contributed by atoms with van der Waals surface area (Å²) in [5, 5.41) is 8.36.